The van der Waals surface area contributed by atoms with E-state index in [1.54, 1.807) is 0 Å². The highest BCUT2D eigenvalue weighted by molar-refractivity contribution is 6.35. The summed E-state index contributed by atoms with van der Waals surface area (Å²) in [5.74, 6) is 0. The van der Waals surface area contributed by atoms with Gasteiger partial charge in [-0.1, -0.05) is 145 Å². The summed E-state index contributed by atoms with van der Waals surface area (Å²) in [4.78, 5) is 0. The maximum absolute atomic E-state index is 2.41. The van der Waals surface area contributed by atoms with E-state index in [0.717, 1.165) is 0 Å². The van der Waals surface area contributed by atoms with Crippen molar-refractivity contribution in [2.75, 3.05) is 0 Å². The SMILES string of the molecule is Bc1ccc2c(-c3cc4ccccc4c4ccccc34)c3ccccc3c(-c3cc4ccccc4c4ccccc34)c2c1. The molecular weight excluding hydrogens is 515 g/mol. The lowest BCUT2D eigenvalue weighted by Crippen LogP contribution is -2.02. The Bertz CT molecular complexity index is 2570. The summed E-state index contributed by atoms with van der Waals surface area (Å²) in [5.41, 5.74) is 6.46. The fourth-order valence-electron chi connectivity index (χ4n) is 7.39. The van der Waals surface area contributed by atoms with Gasteiger partial charge in [-0.05, 0) is 99.0 Å². The third kappa shape index (κ3) is 3.58. The van der Waals surface area contributed by atoms with Crippen LogP contribution in [0.25, 0.3) is 86.9 Å². The lowest BCUT2D eigenvalue weighted by Gasteiger charge is -2.21. The molecule has 0 saturated heterocycles. The minimum absolute atomic E-state index is 1.27. The maximum Gasteiger partial charge on any atom is 0.139 e. The number of hydrogen-bond acceptors (Lipinski definition) is 0. The molecule has 198 valence electrons. The molecule has 9 aromatic carbocycles. The zero-order valence-electron chi connectivity index (χ0n) is 23.9. The van der Waals surface area contributed by atoms with Crippen LogP contribution in [0.4, 0.5) is 0 Å². The van der Waals surface area contributed by atoms with Crippen molar-refractivity contribution >= 4 is 77.9 Å². The summed E-state index contributed by atoms with van der Waals surface area (Å²) < 4.78 is 0. The molecule has 0 spiro atoms. The predicted octanol–water partition coefficient (Wildman–Crippen LogP) is 10.2. The van der Waals surface area contributed by atoms with Crippen LogP contribution in [-0.2, 0) is 0 Å². The summed E-state index contributed by atoms with van der Waals surface area (Å²) in [5, 5.41) is 15.5. The first-order valence-electron chi connectivity index (χ1n) is 15.0. The van der Waals surface area contributed by atoms with E-state index in [4.69, 9.17) is 0 Å². The molecule has 0 aliphatic heterocycles. The fourth-order valence-corrected chi connectivity index (χ4v) is 7.39. The van der Waals surface area contributed by atoms with Crippen LogP contribution in [0.5, 0.6) is 0 Å². The van der Waals surface area contributed by atoms with Crippen molar-refractivity contribution < 1.29 is 0 Å². The summed E-state index contributed by atoms with van der Waals surface area (Å²) >= 11 is 0. The van der Waals surface area contributed by atoms with Crippen molar-refractivity contribution in [3.63, 3.8) is 0 Å². The van der Waals surface area contributed by atoms with Crippen LogP contribution in [0.15, 0.2) is 152 Å². The van der Waals surface area contributed by atoms with Crippen LogP contribution in [-0.4, -0.2) is 7.85 Å². The second kappa shape index (κ2) is 9.31. The molecule has 0 unspecified atom stereocenters. The Labute approximate surface area is 251 Å². The van der Waals surface area contributed by atoms with Gasteiger partial charge in [0, 0.05) is 0 Å². The molecule has 0 atom stereocenters. The highest BCUT2D eigenvalue weighted by Crippen LogP contribution is 2.48. The molecular formula is C42H27B. The topological polar surface area (TPSA) is 0 Å². The first-order chi connectivity index (χ1) is 21.3. The number of hydrogen-bond donors (Lipinski definition) is 0. The van der Waals surface area contributed by atoms with Gasteiger partial charge in [-0.15, -0.1) is 0 Å². The Balaban J connectivity index is 1.51. The molecule has 0 aromatic heterocycles. The van der Waals surface area contributed by atoms with Gasteiger partial charge in [0.05, 0.1) is 0 Å². The number of fused-ring (bicyclic) bond motifs is 8. The Hall–Kier alpha value is -5.40. The molecule has 0 amide bonds. The highest BCUT2D eigenvalue weighted by atomic mass is 14.2. The van der Waals surface area contributed by atoms with E-state index >= 15 is 0 Å². The second-order valence-corrected chi connectivity index (χ2v) is 11.7. The minimum atomic E-state index is 1.27. The molecule has 0 heterocycles. The third-order valence-corrected chi connectivity index (χ3v) is 9.25. The smallest absolute Gasteiger partial charge is 0.0883 e. The summed E-state index contributed by atoms with van der Waals surface area (Å²) in [6, 6.07) is 56.2. The number of rotatable bonds is 2. The van der Waals surface area contributed by atoms with Crippen LogP contribution in [0.2, 0.25) is 0 Å². The van der Waals surface area contributed by atoms with E-state index in [2.05, 4.69) is 160 Å². The predicted molar refractivity (Wildman–Crippen MR) is 191 cm³/mol. The van der Waals surface area contributed by atoms with Crippen LogP contribution >= 0.6 is 0 Å². The third-order valence-electron chi connectivity index (χ3n) is 9.25. The second-order valence-electron chi connectivity index (χ2n) is 11.7. The Kier molecular flexibility index (Phi) is 5.24. The normalized spacial score (nSPS) is 11.8. The quantitative estimate of drug-likeness (QED) is 0.116. The van der Waals surface area contributed by atoms with E-state index in [1.807, 2.05) is 0 Å². The van der Waals surface area contributed by atoms with Crippen LogP contribution in [0, 0.1) is 0 Å². The Morgan fingerprint density at radius 2 is 0.651 bits per heavy atom. The van der Waals surface area contributed by atoms with Crippen molar-refractivity contribution in [3.8, 4) is 22.3 Å². The van der Waals surface area contributed by atoms with E-state index in [9.17, 15) is 0 Å². The average Bonchev–Trinajstić information content (AvgIpc) is 3.06. The molecule has 9 rings (SSSR count). The number of benzene rings is 9. The van der Waals surface area contributed by atoms with E-state index in [1.165, 1.54) is 92.4 Å². The van der Waals surface area contributed by atoms with E-state index in [-0.39, 0.29) is 0 Å². The molecule has 0 aliphatic rings. The van der Waals surface area contributed by atoms with Gasteiger partial charge >= 0.3 is 0 Å². The van der Waals surface area contributed by atoms with Crippen LogP contribution in [0.3, 0.4) is 0 Å². The standard InChI is InChI=1S/C42H27B/c43-28-21-22-37-40(25-28)42(39-24-27-12-2-4-14-30(27)32-16-6-8-18-34(32)39)36-20-10-9-19-35(36)41(37)38-23-26-11-1-3-13-29(26)31-15-5-7-17-33(31)38/h1-25H,43H2. The highest BCUT2D eigenvalue weighted by Gasteiger charge is 2.20. The first-order valence-corrected chi connectivity index (χ1v) is 15.0. The van der Waals surface area contributed by atoms with Gasteiger partial charge in [0.2, 0.25) is 0 Å². The van der Waals surface area contributed by atoms with Gasteiger partial charge in [0.25, 0.3) is 0 Å². The van der Waals surface area contributed by atoms with Crippen molar-refractivity contribution in [3.05, 3.63) is 152 Å². The molecule has 1 heteroatoms. The fraction of sp³-hybridized carbons (Fsp3) is 0. The molecule has 0 fully saturated rings. The lowest BCUT2D eigenvalue weighted by molar-refractivity contribution is 1.71. The minimum Gasteiger partial charge on any atom is -0.0883 e. The monoisotopic (exact) mass is 542 g/mol. The molecule has 0 N–H and O–H groups in total. The van der Waals surface area contributed by atoms with Gasteiger partial charge in [0.15, 0.2) is 0 Å². The summed E-state index contributed by atoms with van der Waals surface area (Å²) in [6.45, 7) is 0. The molecule has 0 saturated carbocycles. The van der Waals surface area contributed by atoms with Gasteiger partial charge < -0.3 is 0 Å². The van der Waals surface area contributed by atoms with Crippen molar-refractivity contribution in [1.82, 2.24) is 0 Å². The summed E-state index contributed by atoms with van der Waals surface area (Å²) in [7, 11) is 2.21. The Morgan fingerprint density at radius 1 is 0.279 bits per heavy atom. The zero-order chi connectivity index (χ0) is 28.5. The molecule has 0 bridgehead atoms. The van der Waals surface area contributed by atoms with Crippen LogP contribution < -0.4 is 5.46 Å². The molecule has 9 aromatic rings. The van der Waals surface area contributed by atoms with Gasteiger partial charge in [-0.2, -0.15) is 0 Å². The van der Waals surface area contributed by atoms with E-state index < -0.39 is 0 Å². The van der Waals surface area contributed by atoms with Crippen molar-refractivity contribution in [2.24, 2.45) is 0 Å². The lowest BCUT2D eigenvalue weighted by atomic mass is 9.80. The largest absolute Gasteiger partial charge is 0.139 e. The first kappa shape index (κ1) is 24.2. The Morgan fingerprint density at radius 3 is 1.16 bits per heavy atom. The van der Waals surface area contributed by atoms with E-state index in [0.29, 0.717) is 0 Å². The average molecular weight is 542 g/mol. The molecule has 0 aliphatic carbocycles. The van der Waals surface area contributed by atoms with Gasteiger partial charge in [-0.25, -0.2) is 0 Å². The van der Waals surface area contributed by atoms with Crippen LogP contribution in [0.1, 0.15) is 0 Å². The van der Waals surface area contributed by atoms with Gasteiger partial charge in [-0.3, -0.25) is 0 Å². The van der Waals surface area contributed by atoms with Crippen molar-refractivity contribution in [2.45, 2.75) is 0 Å². The molecule has 43 heavy (non-hydrogen) atoms. The van der Waals surface area contributed by atoms with Crippen molar-refractivity contribution in [1.29, 1.82) is 0 Å². The molecule has 0 radical (unpaired) electrons. The summed E-state index contributed by atoms with van der Waals surface area (Å²) in [6.07, 6.45) is 0. The zero-order valence-corrected chi connectivity index (χ0v) is 23.9. The molecule has 0 nitrogen and oxygen atoms in total. The van der Waals surface area contributed by atoms with Gasteiger partial charge in [0.1, 0.15) is 7.85 Å². The maximum atomic E-state index is 2.41.